The number of hydrogen-bond acceptors (Lipinski definition) is 7. The molecule has 2 N–H and O–H groups in total. The topological polar surface area (TPSA) is 102 Å². The standard InChI is InChI=1S/C15H22O4.C11H14O3.CH4/c1-3-5-10-18-15(17)12-6-8-14(9-7-12)19-11-13(16)4-2;1-2-3-8-14-11(13)9-4-6-10(12)7-5-9;/h6-9,13,16H,3-5,10-11H2,1-2H3;4-7,12H,2-3,8H2,1H3;1H4. The fraction of sp³-hybridized carbons (Fsp3) is 0.481. The van der Waals surface area contributed by atoms with Crippen LogP contribution in [0.25, 0.3) is 0 Å². The Morgan fingerprint density at radius 1 is 0.794 bits per heavy atom. The number of phenols is 1. The molecule has 190 valence electrons. The number of carbonyl (C=O) groups is 2. The first-order chi connectivity index (χ1) is 15.9. The molecular formula is C27H40O7. The second-order valence-electron chi connectivity index (χ2n) is 7.42. The average Bonchev–Trinajstić information content (AvgIpc) is 2.84. The van der Waals surface area contributed by atoms with Gasteiger partial charge in [-0.2, -0.15) is 0 Å². The van der Waals surface area contributed by atoms with Crippen LogP contribution in [-0.4, -0.2) is 48.1 Å². The minimum absolute atomic E-state index is 0. The van der Waals surface area contributed by atoms with Crippen LogP contribution in [0.5, 0.6) is 11.5 Å². The summed E-state index contributed by atoms with van der Waals surface area (Å²) in [5.74, 6) is 0.139. The van der Waals surface area contributed by atoms with E-state index in [1.807, 2.05) is 20.8 Å². The molecule has 1 unspecified atom stereocenters. The Morgan fingerprint density at radius 2 is 1.24 bits per heavy atom. The molecule has 7 heteroatoms. The van der Waals surface area contributed by atoms with Crippen LogP contribution in [0.1, 0.15) is 81.0 Å². The zero-order chi connectivity index (χ0) is 24.5. The molecule has 2 rings (SSSR count). The number of benzene rings is 2. The lowest BCUT2D eigenvalue weighted by Crippen LogP contribution is -2.16. The zero-order valence-electron chi connectivity index (χ0n) is 19.8. The molecule has 0 heterocycles. The second kappa shape index (κ2) is 18.4. The van der Waals surface area contributed by atoms with Gasteiger partial charge in [0.25, 0.3) is 0 Å². The highest BCUT2D eigenvalue weighted by Gasteiger charge is 2.08. The van der Waals surface area contributed by atoms with Crippen molar-refractivity contribution in [3.05, 3.63) is 59.7 Å². The van der Waals surface area contributed by atoms with Crippen LogP contribution in [0.3, 0.4) is 0 Å². The van der Waals surface area contributed by atoms with Gasteiger partial charge in [0.15, 0.2) is 0 Å². The van der Waals surface area contributed by atoms with E-state index in [0.29, 0.717) is 36.5 Å². The number of carbonyl (C=O) groups excluding carboxylic acids is 2. The maximum absolute atomic E-state index is 11.6. The van der Waals surface area contributed by atoms with Crippen molar-refractivity contribution in [2.45, 2.75) is 66.4 Å². The van der Waals surface area contributed by atoms with Crippen LogP contribution in [0, 0.1) is 0 Å². The molecule has 0 fully saturated rings. The Hall–Kier alpha value is -3.06. The van der Waals surface area contributed by atoms with E-state index in [4.69, 9.17) is 19.3 Å². The Balaban J connectivity index is 0.000000649. The van der Waals surface area contributed by atoms with Gasteiger partial charge in [0, 0.05) is 0 Å². The highest BCUT2D eigenvalue weighted by Crippen LogP contribution is 2.14. The summed E-state index contributed by atoms with van der Waals surface area (Å²) in [6.45, 7) is 7.14. The largest absolute Gasteiger partial charge is 0.508 e. The molecule has 0 saturated carbocycles. The SMILES string of the molecule is C.CCCCOC(=O)c1ccc(O)cc1.CCCCOC(=O)c1ccc(OCC(O)CC)cc1. The molecule has 0 bridgehead atoms. The number of unbranched alkanes of at least 4 members (excludes halogenated alkanes) is 2. The third-order valence-electron chi connectivity index (χ3n) is 4.57. The molecule has 0 aliphatic carbocycles. The molecule has 0 radical (unpaired) electrons. The van der Waals surface area contributed by atoms with E-state index in [0.717, 1.165) is 25.7 Å². The van der Waals surface area contributed by atoms with Gasteiger partial charge < -0.3 is 24.4 Å². The van der Waals surface area contributed by atoms with E-state index in [-0.39, 0.29) is 31.7 Å². The van der Waals surface area contributed by atoms with Crippen molar-refractivity contribution in [3.8, 4) is 11.5 Å². The summed E-state index contributed by atoms with van der Waals surface area (Å²) in [6, 6.07) is 12.8. The Morgan fingerprint density at radius 3 is 1.65 bits per heavy atom. The highest BCUT2D eigenvalue weighted by atomic mass is 16.5. The Labute approximate surface area is 203 Å². The van der Waals surface area contributed by atoms with Gasteiger partial charge in [0.05, 0.1) is 30.4 Å². The smallest absolute Gasteiger partial charge is 0.338 e. The highest BCUT2D eigenvalue weighted by molar-refractivity contribution is 5.89. The third-order valence-corrected chi connectivity index (χ3v) is 4.57. The predicted molar refractivity (Wildman–Crippen MR) is 133 cm³/mol. The number of rotatable bonds is 12. The first-order valence-electron chi connectivity index (χ1n) is 11.4. The van der Waals surface area contributed by atoms with Gasteiger partial charge in [-0.15, -0.1) is 0 Å². The number of aromatic hydroxyl groups is 1. The zero-order valence-corrected chi connectivity index (χ0v) is 19.8. The number of phenolic OH excluding ortho intramolecular Hbond substituents is 1. The molecule has 2 aromatic carbocycles. The maximum Gasteiger partial charge on any atom is 0.338 e. The summed E-state index contributed by atoms with van der Waals surface area (Å²) < 4.78 is 15.5. The van der Waals surface area contributed by atoms with Crippen LogP contribution in [-0.2, 0) is 9.47 Å². The molecule has 0 amide bonds. The van der Waals surface area contributed by atoms with Gasteiger partial charge in [-0.05, 0) is 67.8 Å². The summed E-state index contributed by atoms with van der Waals surface area (Å²) in [5, 5.41) is 18.4. The van der Waals surface area contributed by atoms with Crippen molar-refractivity contribution in [1.29, 1.82) is 0 Å². The Bertz CT molecular complexity index is 801. The summed E-state index contributed by atoms with van der Waals surface area (Å²) in [6.07, 6.45) is 3.95. The quantitative estimate of drug-likeness (QED) is 0.296. The van der Waals surface area contributed by atoms with Gasteiger partial charge in [-0.1, -0.05) is 41.0 Å². The van der Waals surface area contributed by atoms with Crippen molar-refractivity contribution >= 4 is 11.9 Å². The van der Waals surface area contributed by atoms with Gasteiger partial charge >= 0.3 is 11.9 Å². The molecule has 0 saturated heterocycles. The second-order valence-corrected chi connectivity index (χ2v) is 7.42. The molecule has 0 aromatic heterocycles. The van der Waals surface area contributed by atoms with E-state index < -0.39 is 6.10 Å². The van der Waals surface area contributed by atoms with Gasteiger partial charge in [-0.3, -0.25) is 0 Å². The first kappa shape index (κ1) is 30.9. The van der Waals surface area contributed by atoms with Crippen LogP contribution < -0.4 is 4.74 Å². The molecule has 2 aromatic rings. The van der Waals surface area contributed by atoms with Crippen LogP contribution in [0.4, 0.5) is 0 Å². The van der Waals surface area contributed by atoms with E-state index in [2.05, 4.69) is 0 Å². The summed E-state index contributed by atoms with van der Waals surface area (Å²) in [5.41, 5.74) is 0.985. The van der Waals surface area contributed by atoms with Crippen LogP contribution in [0.2, 0.25) is 0 Å². The van der Waals surface area contributed by atoms with E-state index in [1.54, 1.807) is 36.4 Å². The lowest BCUT2D eigenvalue weighted by molar-refractivity contribution is 0.0490. The molecule has 1 atom stereocenters. The van der Waals surface area contributed by atoms with E-state index in [1.165, 1.54) is 12.1 Å². The summed E-state index contributed by atoms with van der Waals surface area (Å²) >= 11 is 0. The molecule has 34 heavy (non-hydrogen) atoms. The van der Waals surface area contributed by atoms with Gasteiger partial charge in [-0.25, -0.2) is 9.59 Å². The predicted octanol–water partition coefficient (Wildman–Crippen LogP) is 5.78. The molecule has 0 aliphatic heterocycles. The monoisotopic (exact) mass is 476 g/mol. The normalized spacial score (nSPS) is 10.7. The summed E-state index contributed by atoms with van der Waals surface area (Å²) in [7, 11) is 0. The number of hydrogen-bond donors (Lipinski definition) is 2. The Kier molecular flexibility index (Phi) is 16.7. The molecule has 7 nitrogen and oxygen atoms in total. The lowest BCUT2D eigenvalue weighted by atomic mass is 10.2. The number of aliphatic hydroxyl groups is 1. The first-order valence-corrected chi connectivity index (χ1v) is 11.4. The minimum Gasteiger partial charge on any atom is -0.508 e. The van der Waals surface area contributed by atoms with Crippen molar-refractivity contribution in [3.63, 3.8) is 0 Å². The van der Waals surface area contributed by atoms with Crippen LogP contribution in [0.15, 0.2) is 48.5 Å². The third kappa shape index (κ3) is 12.8. The van der Waals surface area contributed by atoms with E-state index in [9.17, 15) is 14.7 Å². The minimum atomic E-state index is -0.460. The van der Waals surface area contributed by atoms with Gasteiger partial charge in [0.2, 0.25) is 0 Å². The lowest BCUT2D eigenvalue weighted by Gasteiger charge is -2.10. The fourth-order valence-corrected chi connectivity index (χ4v) is 2.38. The number of esters is 2. The van der Waals surface area contributed by atoms with Gasteiger partial charge in [0.1, 0.15) is 18.1 Å². The van der Waals surface area contributed by atoms with E-state index >= 15 is 0 Å². The molecule has 0 spiro atoms. The van der Waals surface area contributed by atoms with Crippen molar-refractivity contribution in [1.82, 2.24) is 0 Å². The molecule has 0 aliphatic rings. The average molecular weight is 477 g/mol. The van der Waals surface area contributed by atoms with Crippen molar-refractivity contribution in [2.24, 2.45) is 0 Å². The maximum atomic E-state index is 11.6. The fourth-order valence-electron chi connectivity index (χ4n) is 2.38. The summed E-state index contributed by atoms with van der Waals surface area (Å²) in [4.78, 5) is 23.0. The van der Waals surface area contributed by atoms with Crippen LogP contribution >= 0.6 is 0 Å². The molecular weight excluding hydrogens is 436 g/mol. The van der Waals surface area contributed by atoms with Crippen molar-refractivity contribution in [2.75, 3.05) is 19.8 Å². The number of aliphatic hydroxyl groups excluding tert-OH is 1. The number of ether oxygens (including phenoxy) is 3. The van der Waals surface area contributed by atoms with Crippen molar-refractivity contribution < 1.29 is 34.0 Å².